The Morgan fingerprint density at radius 3 is 2.48 bits per heavy atom. The predicted octanol–water partition coefficient (Wildman–Crippen LogP) is 1.18. The molecule has 0 saturated carbocycles. The number of carbonyl (C=O) groups is 1. The molecule has 1 amide bonds. The smallest absolute Gasteiger partial charge is 0.437 e. The van der Waals surface area contributed by atoms with Crippen LogP contribution in [0.5, 0.6) is 5.75 Å². The van der Waals surface area contributed by atoms with Gasteiger partial charge in [0, 0.05) is 12.3 Å². The van der Waals surface area contributed by atoms with Crippen LogP contribution in [0.3, 0.4) is 0 Å². The van der Waals surface area contributed by atoms with Gasteiger partial charge in [0.25, 0.3) is 5.91 Å². The van der Waals surface area contributed by atoms with Gasteiger partial charge in [0.1, 0.15) is 5.75 Å². The Balaban J connectivity index is 2.02. The van der Waals surface area contributed by atoms with Gasteiger partial charge in [-0.1, -0.05) is 11.8 Å². The summed E-state index contributed by atoms with van der Waals surface area (Å²) in [7, 11) is -3.30. The van der Waals surface area contributed by atoms with Crippen molar-refractivity contribution in [3.63, 3.8) is 0 Å². The van der Waals surface area contributed by atoms with E-state index in [-0.39, 0.29) is 11.7 Å². The Morgan fingerprint density at radius 1 is 1.32 bits per heavy atom. The molecule has 0 aromatic heterocycles. The van der Waals surface area contributed by atoms with Crippen molar-refractivity contribution in [3.05, 3.63) is 24.3 Å². The Morgan fingerprint density at radius 2 is 1.96 bits per heavy atom. The van der Waals surface area contributed by atoms with Crippen LogP contribution in [0.25, 0.3) is 0 Å². The summed E-state index contributed by atoms with van der Waals surface area (Å²) in [6, 6.07) is 4.72. The molecular weight excluding hydrogens is 383 g/mol. The summed E-state index contributed by atoms with van der Waals surface area (Å²) in [4.78, 5) is 16.1. The monoisotopic (exact) mass is 395 g/mol. The van der Waals surface area contributed by atoms with E-state index in [1.165, 1.54) is 24.0 Å². The van der Waals surface area contributed by atoms with Crippen LogP contribution in [0, 0.1) is 0 Å². The highest BCUT2D eigenvalue weighted by Crippen LogP contribution is 2.41. The van der Waals surface area contributed by atoms with Crippen LogP contribution in [-0.2, 0) is 14.8 Å². The zero-order chi connectivity index (χ0) is 18.5. The van der Waals surface area contributed by atoms with Crippen molar-refractivity contribution < 1.29 is 31.1 Å². The molecule has 1 aromatic carbocycles. The number of thioether (sulfide) groups is 1. The lowest BCUT2D eigenvalue weighted by Gasteiger charge is -2.28. The van der Waals surface area contributed by atoms with E-state index in [1.54, 1.807) is 0 Å². The number of rotatable bonds is 4. The molecular formula is C13H12F3N3O4S2. The van der Waals surface area contributed by atoms with Gasteiger partial charge < -0.3 is 4.74 Å². The number of nitrogens with one attached hydrogen (secondary N) is 1. The third-order valence-electron chi connectivity index (χ3n) is 3.66. The molecule has 1 fully saturated rings. The molecule has 0 unspecified atom stereocenters. The number of hydrogen-bond acceptors (Lipinski definition) is 6. The lowest BCUT2D eigenvalue weighted by atomic mass is 10.1. The van der Waals surface area contributed by atoms with Crippen LogP contribution in [0.2, 0.25) is 0 Å². The summed E-state index contributed by atoms with van der Waals surface area (Å²) >= 11 is 0.966. The van der Waals surface area contributed by atoms with E-state index in [0.29, 0.717) is 11.5 Å². The maximum absolute atomic E-state index is 13.6. The minimum atomic E-state index is -5.23. The van der Waals surface area contributed by atoms with Gasteiger partial charge in [-0.2, -0.15) is 17.9 Å². The van der Waals surface area contributed by atoms with E-state index >= 15 is 0 Å². The van der Waals surface area contributed by atoms with Gasteiger partial charge in [-0.15, -0.1) is 0 Å². The van der Waals surface area contributed by atoms with Crippen molar-refractivity contribution >= 4 is 32.9 Å². The summed E-state index contributed by atoms with van der Waals surface area (Å²) in [6.45, 7) is 0.0461. The molecule has 2 aliphatic heterocycles. The second-order valence-corrected chi connectivity index (χ2v) is 7.93. The molecule has 1 aromatic rings. The standard InChI is InChI=1S/C13H12F3N3O4S2/c1-23-8-2-4-9(5-3-8)25(21,22)18-12(13(14,15)16)10(20)19-6-7-24-11(19)17-12/h2-5,18H,6-7H2,1H3/t12-/m0/s1. The molecule has 0 radical (unpaired) electrons. The maximum Gasteiger partial charge on any atom is 0.437 e. The summed E-state index contributed by atoms with van der Waals surface area (Å²) in [5, 5.41) is -0.139. The van der Waals surface area contributed by atoms with Crippen LogP contribution in [0.4, 0.5) is 13.2 Å². The van der Waals surface area contributed by atoms with E-state index in [0.717, 1.165) is 28.8 Å². The van der Waals surface area contributed by atoms with E-state index in [1.807, 2.05) is 0 Å². The van der Waals surface area contributed by atoms with Crippen LogP contribution in [-0.4, -0.2) is 55.6 Å². The molecule has 7 nitrogen and oxygen atoms in total. The predicted molar refractivity (Wildman–Crippen MR) is 83.7 cm³/mol. The van der Waals surface area contributed by atoms with Crippen LogP contribution in [0.1, 0.15) is 0 Å². The number of sulfonamides is 1. The molecule has 0 bridgehead atoms. The molecule has 0 spiro atoms. The Bertz CT molecular complexity index is 839. The molecule has 2 heterocycles. The Kier molecular flexibility index (Phi) is 4.24. The lowest BCUT2D eigenvalue weighted by molar-refractivity contribution is -0.194. The van der Waals surface area contributed by atoms with Crippen molar-refractivity contribution in [3.8, 4) is 5.75 Å². The van der Waals surface area contributed by atoms with Gasteiger partial charge in [-0.25, -0.2) is 13.4 Å². The zero-order valence-corrected chi connectivity index (χ0v) is 14.3. The van der Waals surface area contributed by atoms with Crippen molar-refractivity contribution in [2.45, 2.75) is 16.7 Å². The van der Waals surface area contributed by atoms with Gasteiger partial charge in [-0.05, 0) is 24.3 Å². The number of aliphatic imine (C=N–C) groups is 1. The zero-order valence-electron chi connectivity index (χ0n) is 12.7. The average Bonchev–Trinajstić information content (AvgIpc) is 3.09. The molecule has 1 atom stereocenters. The van der Waals surface area contributed by atoms with Crippen molar-refractivity contribution in [2.75, 3.05) is 19.4 Å². The summed E-state index contributed by atoms with van der Waals surface area (Å²) in [5.74, 6) is -0.709. The Hall–Kier alpha value is -1.79. The SMILES string of the molecule is COc1ccc(S(=O)(=O)N[C@@]2(C(F)(F)F)N=C3SCCN3C2=O)cc1. The fourth-order valence-electron chi connectivity index (χ4n) is 2.39. The second-order valence-electron chi connectivity index (χ2n) is 5.19. The first kappa shape index (κ1) is 18.0. The first-order valence-electron chi connectivity index (χ1n) is 6.90. The second kappa shape index (κ2) is 5.88. The molecule has 3 rings (SSSR count). The van der Waals surface area contributed by atoms with Crippen molar-refractivity contribution in [1.82, 2.24) is 9.62 Å². The number of fused-ring (bicyclic) bond motifs is 1. The van der Waals surface area contributed by atoms with Crippen molar-refractivity contribution in [1.29, 1.82) is 0 Å². The normalized spacial score (nSPS) is 23.6. The fourth-order valence-corrected chi connectivity index (χ4v) is 4.62. The highest BCUT2D eigenvalue weighted by molar-refractivity contribution is 8.14. The van der Waals surface area contributed by atoms with Crippen molar-refractivity contribution in [2.24, 2.45) is 4.99 Å². The topological polar surface area (TPSA) is 88.1 Å². The van der Waals surface area contributed by atoms with Gasteiger partial charge in [0.05, 0.1) is 12.0 Å². The van der Waals surface area contributed by atoms with E-state index in [4.69, 9.17) is 4.74 Å². The van der Waals surface area contributed by atoms with Gasteiger partial charge in [0.15, 0.2) is 5.17 Å². The van der Waals surface area contributed by atoms with Crippen LogP contribution >= 0.6 is 11.8 Å². The number of alkyl halides is 3. The Labute approximate surface area is 145 Å². The first-order valence-corrected chi connectivity index (χ1v) is 9.37. The fraction of sp³-hybridized carbons (Fsp3) is 0.385. The molecule has 136 valence electrons. The van der Waals surface area contributed by atoms with Gasteiger partial charge >= 0.3 is 11.8 Å². The quantitative estimate of drug-likeness (QED) is 0.827. The number of nitrogens with zero attached hydrogens (tertiary/aromatic N) is 2. The van der Waals surface area contributed by atoms with E-state index < -0.39 is 32.7 Å². The summed E-state index contributed by atoms with van der Waals surface area (Å²) in [6.07, 6.45) is -5.23. The minimum absolute atomic E-state index is 0.0461. The van der Waals surface area contributed by atoms with Crippen LogP contribution in [0.15, 0.2) is 34.2 Å². The number of ether oxygens (including phenoxy) is 1. The first-order chi connectivity index (χ1) is 11.6. The highest BCUT2D eigenvalue weighted by atomic mass is 32.2. The van der Waals surface area contributed by atoms with Gasteiger partial charge in [-0.3, -0.25) is 9.69 Å². The average molecular weight is 395 g/mol. The third kappa shape index (κ3) is 2.87. The number of benzene rings is 1. The summed E-state index contributed by atoms with van der Waals surface area (Å²) < 4.78 is 72.0. The number of halogens is 3. The van der Waals surface area contributed by atoms with E-state index in [9.17, 15) is 26.4 Å². The maximum atomic E-state index is 13.6. The molecule has 2 aliphatic rings. The molecule has 0 aliphatic carbocycles. The number of hydrogen-bond donors (Lipinski definition) is 1. The lowest BCUT2D eigenvalue weighted by Crippen LogP contribution is -2.63. The van der Waals surface area contributed by atoms with Gasteiger partial charge in [0.2, 0.25) is 10.0 Å². The number of amidine groups is 1. The molecule has 1 N–H and O–H groups in total. The third-order valence-corrected chi connectivity index (χ3v) is 6.07. The number of amides is 1. The molecule has 25 heavy (non-hydrogen) atoms. The minimum Gasteiger partial charge on any atom is -0.497 e. The number of methoxy groups -OCH3 is 1. The highest BCUT2D eigenvalue weighted by Gasteiger charge is 2.68. The molecule has 1 saturated heterocycles. The largest absolute Gasteiger partial charge is 0.497 e. The molecule has 12 heteroatoms. The van der Waals surface area contributed by atoms with E-state index in [2.05, 4.69) is 4.99 Å². The summed E-state index contributed by atoms with van der Waals surface area (Å²) in [5.41, 5.74) is -3.55. The van der Waals surface area contributed by atoms with Crippen LogP contribution < -0.4 is 9.46 Å². The number of carbonyl (C=O) groups excluding carboxylic acids is 1.